The predicted octanol–water partition coefficient (Wildman–Crippen LogP) is 3.69. The van der Waals surface area contributed by atoms with Crippen molar-refractivity contribution in [2.45, 2.75) is 20.8 Å². The molecule has 1 N–H and O–H groups in total. The lowest BCUT2D eigenvalue weighted by Crippen LogP contribution is -2.38. The van der Waals surface area contributed by atoms with E-state index in [0.29, 0.717) is 27.9 Å². The molecule has 0 saturated carbocycles. The van der Waals surface area contributed by atoms with Crippen LogP contribution in [0.5, 0.6) is 11.5 Å². The minimum absolute atomic E-state index is 0.324. The van der Waals surface area contributed by atoms with Gasteiger partial charge in [-0.15, -0.1) is 0 Å². The second-order valence-corrected chi connectivity index (χ2v) is 9.07. The smallest absolute Gasteiger partial charge is 0.245 e. The van der Waals surface area contributed by atoms with E-state index in [1.165, 1.54) is 26.4 Å². The van der Waals surface area contributed by atoms with Gasteiger partial charge in [0.05, 0.1) is 36.9 Å². The number of halogens is 1. The summed E-state index contributed by atoms with van der Waals surface area (Å²) in [6.07, 6.45) is 1.07. The highest BCUT2D eigenvalue weighted by atomic mass is 35.5. The van der Waals surface area contributed by atoms with Gasteiger partial charge in [-0.05, 0) is 31.9 Å². The fraction of sp³-hybridized carbons (Fsp3) is 0.350. The zero-order chi connectivity index (χ0) is 21.9. The molecule has 158 valence electrons. The molecule has 0 aliphatic rings. The van der Waals surface area contributed by atoms with Gasteiger partial charge in [0.1, 0.15) is 18.0 Å². The van der Waals surface area contributed by atoms with Gasteiger partial charge >= 0.3 is 0 Å². The Labute approximate surface area is 176 Å². The molecule has 0 radical (unpaired) electrons. The van der Waals surface area contributed by atoms with E-state index < -0.39 is 22.5 Å². The quantitative estimate of drug-likeness (QED) is 0.709. The molecule has 9 heteroatoms. The van der Waals surface area contributed by atoms with Gasteiger partial charge in [0.25, 0.3) is 0 Å². The van der Waals surface area contributed by atoms with Crippen molar-refractivity contribution in [1.82, 2.24) is 0 Å². The van der Waals surface area contributed by atoms with Crippen molar-refractivity contribution in [2.24, 2.45) is 0 Å². The predicted molar refractivity (Wildman–Crippen MR) is 116 cm³/mol. The summed E-state index contributed by atoms with van der Waals surface area (Å²) in [5, 5.41) is 3.00. The minimum atomic E-state index is -3.70. The van der Waals surface area contributed by atoms with Crippen molar-refractivity contribution in [3.8, 4) is 11.5 Å². The van der Waals surface area contributed by atoms with Crippen molar-refractivity contribution in [3.63, 3.8) is 0 Å². The first-order valence-electron chi connectivity index (χ1n) is 8.74. The van der Waals surface area contributed by atoms with Crippen molar-refractivity contribution >= 4 is 38.9 Å². The number of nitrogens with zero attached hydrogens (tertiary/aromatic N) is 1. The molecular formula is C20H25ClN2O5S. The number of benzene rings is 2. The van der Waals surface area contributed by atoms with Gasteiger partial charge < -0.3 is 14.8 Å². The highest BCUT2D eigenvalue weighted by molar-refractivity contribution is 7.92. The molecule has 7 nitrogen and oxygen atoms in total. The second-order valence-electron chi connectivity index (χ2n) is 6.75. The SMILES string of the molecule is COc1cc(NC(=O)CN(c2c(C)cc(C)cc2C)S(C)(=O)=O)c(OC)cc1Cl. The standard InChI is InChI=1S/C20H25ClN2O5S/c1-12-7-13(2)20(14(3)8-12)23(29(6,25)26)11-19(24)22-16-10-17(27-4)15(21)9-18(16)28-5/h7-10H,11H2,1-6H3,(H,22,24). The summed E-state index contributed by atoms with van der Waals surface area (Å²) in [5.41, 5.74) is 3.37. The molecule has 2 aromatic rings. The average Bonchev–Trinajstić information content (AvgIpc) is 2.60. The zero-order valence-corrected chi connectivity index (χ0v) is 18.9. The zero-order valence-electron chi connectivity index (χ0n) is 17.3. The fourth-order valence-electron chi connectivity index (χ4n) is 3.21. The molecule has 0 bridgehead atoms. The molecule has 0 atom stereocenters. The number of carbonyl (C=O) groups excluding carboxylic acids is 1. The highest BCUT2D eigenvalue weighted by Crippen LogP contribution is 2.36. The molecule has 2 rings (SSSR count). The van der Waals surface area contributed by atoms with Crippen LogP contribution in [-0.4, -0.2) is 41.3 Å². The van der Waals surface area contributed by atoms with Crippen LogP contribution in [0.15, 0.2) is 24.3 Å². The molecule has 0 spiro atoms. The van der Waals surface area contributed by atoms with E-state index in [-0.39, 0.29) is 0 Å². The molecule has 0 unspecified atom stereocenters. The molecule has 0 aliphatic heterocycles. The average molecular weight is 441 g/mol. The number of hydrogen-bond acceptors (Lipinski definition) is 5. The van der Waals surface area contributed by atoms with Crippen LogP contribution in [0.2, 0.25) is 5.02 Å². The van der Waals surface area contributed by atoms with E-state index in [1.54, 1.807) is 0 Å². The molecule has 0 fully saturated rings. The Hall–Kier alpha value is -2.45. The molecule has 1 amide bonds. The lowest BCUT2D eigenvalue weighted by molar-refractivity contribution is -0.114. The number of nitrogens with one attached hydrogen (secondary N) is 1. The van der Waals surface area contributed by atoms with Crippen LogP contribution < -0.4 is 19.1 Å². The summed E-state index contributed by atoms with van der Waals surface area (Å²) in [7, 11) is -0.811. The van der Waals surface area contributed by atoms with Crippen LogP contribution >= 0.6 is 11.6 Å². The van der Waals surface area contributed by atoms with Gasteiger partial charge in [0.2, 0.25) is 15.9 Å². The lowest BCUT2D eigenvalue weighted by Gasteiger charge is -2.26. The number of hydrogen-bond donors (Lipinski definition) is 1. The summed E-state index contributed by atoms with van der Waals surface area (Å²) in [6, 6.07) is 6.79. The van der Waals surface area contributed by atoms with E-state index >= 15 is 0 Å². The third kappa shape index (κ3) is 5.33. The lowest BCUT2D eigenvalue weighted by atomic mass is 10.1. The van der Waals surface area contributed by atoms with Gasteiger partial charge in [0, 0.05) is 12.1 Å². The largest absolute Gasteiger partial charge is 0.495 e. The first kappa shape index (κ1) is 22.8. The van der Waals surface area contributed by atoms with Crippen LogP contribution in [0.1, 0.15) is 16.7 Å². The topological polar surface area (TPSA) is 84.9 Å². The minimum Gasteiger partial charge on any atom is -0.495 e. The number of aryl methyl sites for hydroxylation is 3. The molecular weight excluding hydrogens is 416 g/mol. The molecule has 0 aliphatic carbocycles. The summed E-state index contributed by atoms with van der Waals surface area (Å²) in [5.74, 6) is 0.156. The summed E-state index contributed by atoms with van der Waals surface area (Å²) < 4.78 is 36.4. The van der Waals surface area contributed by atoms with Gasteiger partial charge in [-0.1, -0.05) is 29.3 Å². The molecule has 0 saturated heterocycles. The first-order valence-corrected chi connectivity index (χ1v) is 11.0. The number of ether oxygens (including phenoxy) is 2. The maximum absolute atomic E-state index is 12.7. The van der Waals surface area contributed by atoms with E-state index in [2.05, 4.69) is 5.32 Å². The number of rotatable bonds is 7. The number of anilines is 2. The molecule has 29 heavy (non-hydrogen) atoms. The van der Waals surface area contributed by atoms with E-state index in [1.807, 2.05) is 32.9 Å². The Morgan fingerprint density at radius 2 is 1.59 bits per heavy atom. The van der Waals surface area contributed by atoms with Crippen molar-refractivity contribution < 1.29 is 22.7 Å². The van der Waals surface area contributed by atoms with E-state index in [4.69, 9.17) is 21.1 Å². The highest BCUT2D eigenvalue weighted by Gasteiger charge is 2.25. The first-order chi connectivity index (χ1) is 13.5. The molecule has 0 heterocycles. The summed E-state index contributed by atoms with van der Waals surface area (Å²) in [6.45, 7) is 5.18. The van der Waals surface area contributed by atoms with Crippen molar-refractivity contribution in [1.29, 1.82) is 0 Å². The van der Waals surface area contributed by atoms with Crippen LogP contribution in [0.25, 0.3) is 0 Å². The molecule has 0 aromatic heterocycles. The summed E-state index contributed by atoms with van der Waals surface area (Å²) in [4.78, 5) is 12.7. The Morgan fingerprint density at radius 3 is 2.07 bits per heavy atom. The Kier molecular flexibility index (Phi) is 7.02. The van der Waals surface area contributed by atoms with Crippen LogP contribution in [-0.2, 0) is 14.8 Å². The number of sulfonamides is 1. The van der Waals surface area contributed by atoms with E-state index in [0.717, 1.165) is 27.3 Å². The molecule has 2 aromatic carbocycles. The number of carbonyl (C=O) groups is 1. The Bertz CT molecular complexity index is 1010. The van der Waals surface area contributed by atoms with Crippen molar-refractivity contribution in [2.75, 3.05) is 36.6 Å². The van der Waals surface area contributed by atoms with E-state index in [9.17, 15) is 13.2 Å². The fourth-order valence-corrected chi connectivity index (χ4v) is 4.41. The van der Waals surface area contributed by atoms with Crippen LogP contribution in [0, 0.1) is 20.8 Å². The third-order valence-electron chi connectivity index (χ3n) is 4.32. The Morgan fingerprint density at radius 1 is 1.03 bits per heavy atom. The second kappa shape index (κ2) is 8.92. The van der Waals surface area contributed by atoms with Crippen LogP contribution in [0.4, 0.5) is 11.4 Å². The monoisotopic (exact) mass is 440 g/mol. The van der Waals surface area contributed by atoms with Crippen LogP contribution in [0.3, 0.4) is 0 Å². The maximum atomic E-state index is 12.7. The third-order valence-corrected chi connectivity index (χ3v) is 5.73. The number of amides is 1. The van der Waals surface area contributed by atoms with Gasteiger partial charge in [-0.25, -0.2) is 8.42 Å². The maximum Gasteiger partial charge on any atom is 0.245 e. The van der Waals surface area contributed by atoms with Gasteiger partial charge in [0.15, 0.2) is 0 Å². The summed E-state index contributed by atoms with van der Waals surface area (Å²) >= 11 is 6.08. The van der Waals surface area contributed by atoms with Gasteiger partial charge in [-0.3, -0.25) is 9.10 Å². The van der Waals surface area contributed by atoms with Crippen molar-refractivity contribution in [3.05, 3.63) is 46.0 Å². The normalized spacial score (nSPS) is 11.1. The van der Waals surface area contributed by atoms with Gasteiger partial charge in [-0.2, -0.15) is 0 Å². The Balaban J connectivity index is 2.39. The number of methoxy groups -OCH3 is 2.